The van der Waals surface area contributed by atoms with Crippen molar-refractivity contribution in [1.82, 2.24) is 5.32 Å². The van der Waals surface area contributed by atoms with Crippen molar-refractivity contribution >= 4 is 23.2 Å². The van der Waals surface area contributed by atoms with Crippen LogP contribution in [0.25, 0.3) is 0 Å². The van der Waals surface area contributed by atoms with Gasteiger partial charge in [-0.3, -0.25) is 9.59 Å². The van der Waals surface area contributed by atoms with Crippen LogP contribution in [-0.2, 0) is 16.0 Å². The summed E-state index contributed by atoms with van der Waals surface area (Å²) >= 11 is 1.70. The van der Waals surface area contributed by atoms with Crippen molar-refractivity contribution in [3.05, 3.63) is 57.3 Å². The van der Waals surface area contributed by atoms with Crippen molar-refractivity contribution in [1.29, 1.82) is 0 Å². The molecule has 0 radical (unpaired) electrons. The van der Waals surface area contributed by atoms with Crippen molar-refractivity contribution in [2.75, 3.05) is 6.54 Å². The van der Waals surface area contributed by atoms with Gasteiger partial charge in [-0.05, 0) is 49.3 Å². The number of carbonyl (C=O) groups is 2. The summed E-state index contributed by atoms with van der Waals surface area (Å²) in [5.41, 5.74) is 3.34. The van der Waals surface area contributed by atoms with E-state index in [-0.39, 0.29) is 18.4 Å². The first kappa shape index (κ1) is 17.7. The van der Waals surface area contributed by atoms with E-state index < -0.39 is 11.9 Å². The van der Waals surface area contributed by atoms with Crippen LogP contribution >= 0.6 is 11.3 Å². The molecule has 4 nitrogen and oxygen atoms in total. The number of benzene rings is 1. The highest BCUT2D eigenvalue weighted by Crippen LogP contribution is 2.50. The Hall–Kier alpha value is -2.14. The molecule has 25 heavy (non-hydrogen) atoms. The molecule has 2 N–H and O–H groups in total. The van der Waals surface area contributed by atoms with Crippen LogP contribution in [0.15, 0.2) is 35.7 Å². The molecule has 1 saturated carbocycles. The fourth-order valence-corrected chi connectivity index (χ4v) is 4.37. The highest BCUT2D eigenvalue weighted by molar-refractivity contribution is 7.10. The Morgan fingerprint density at radius 1 is 1.32 bits per heavy atom. The molecular formula is C20H23NO3S. The van der Waals surface area contributed by atoms with Gasteiger partial charge in [0.15, 0.2) is 0 Å². The molecule has 1 aromatic carbocycles. The van der Waals surface area contributed by atoms with E-state index >= 15 is 0 Å². The van der Waals surface area contributed by atoms with Crippen LogP contribution in [0, 0.1) is 25.7 Å². The van der Waals surface area contributed by atoms with Crippen LogP contribution in [-0.4, -0.2) is 23.5 Å². The molecule has 1 aromatic heterocycles. The number of amides is 1. The maximum absolute atomic E-state index is 12.4. The largest absolute Gasteiger partial charge is 0.481 e. The minimum absolute atomic E-state index is 0.00855. The molecule has 3 unspecified atom stereocenters. The third kappa shape index (κ3) is 4.28. The topological polar surface area (TPSA) is 66.4 Å². The molecule has 2 aromatic rings. The number of carboxylic acid groups (broad SMARTS) is 1. The number of rotatable bonds is 7. The summed E-state index contributed by atoms with van der Waals surface area (Å²) in [6.07, 6.45) is 1.29. The van der Waals surface area contributed by atoms with E-state index in [4.69, 9.17) is 0 Å². The van der Waals surface area contributed by atoms with Crippen LogP contribution < -0.4 is 5.32 Å². The number of aliphatic carboxylic acids is 1. The third-order valence-corrected chi connectivity index (χ3v) is 5.95. The smallest absolute Gasteiger partial charge is 0.308 e. The number of thiophene rings is 1. The maximum atomic E-state index is 12.4. The summed E-state index contributed by atoms with van der Waals surface area (Å²) in [5, 5.41) is 14.4. The average Bonchev–Trinajstić information content (AvgIpc) is 3.25. The Morgan fingerprint density at radius 3 is 2.76 bits per heavy atom. The van der Waals surface area contributed by atoms with E-state index in [1.54, 1.807) is 11.3 Å². The van der Waals surface area contributed by atoms with Crippen LogP contribution in [0.4, 0.5) is 0 Å². The Morgan fingerprint density at radius 2 is 2.12 bits per heavy atom. The van der Waals surface area contributed by atoms with E-state index in [0.717, 1.165) is 17.5 Å². The fourth-order valence-electron chi connectivity index (χ4n) is 3.26. The minimum Gasteiger partial charge on any atom is -0.481 e. The molecule has 132 valence electrons. The summed E-state index contributed by atoms with van der Waals surface area (Å²) in [5.74, 6) is -1.20. The zero-order valence-corrected chi connectivity index (χ0v) is 15.3. The van der Waals surface area contributed by atoms with Gasteiger partial charge in [0.1, 0.15) is 0 Å². The van der Waals surface area contributed by atoms with Crippen molar-refractivity contribution in [3.8, 4) is 0 Å². The van der Waals surface area contributed by atoms with Gasteiger partial charge in [-0.25, -0.2) is 0 Å². The highest BCUT2D eigenvalue weighted by atomic mass is 32.1. The maximum Gasteiger partial charge on any atom is 0.308 e. The summed E-state index contributed by atoms with van der Waals surface area (Å²) in [6, 6.07) is 9.92. The number of carboxylic acids is 1. The van der Waals surface area contributed by atoms with Gasteiger partial charge in [0.2, 0.25) is 5.91 Å². The number of hydrogen-bond acceptors (Lipinski definition) is 3. The molecule has 3 atom stereocenters. The second-order valence-electron chi connectivity index (χ2n) is 6.89. The zero-order chi connectivity index (χ0) is 18.0. The first-order chi connectivity index (χ1) is 12.0. The number of nitrogens with one attached hydrogen (secondary N) is 1. The predicted octanol–water partition coefficient (Wildman–Crippen LogP) is 3.53. The second-order valence-corrected chi connectivity index (χ2v) is 7.84. The number of aryl methyl sites for hydroxylation is 2. The van der Waals surface area contributed by atoms with E-state index in [9.17, 15) is 14.7 Å². The molecule has 1 heterocycles. The van der Waals surface area contributed by atoms with Crippen molar-refractivity contribution < 1.29 is 14.7 Å². The lowest BCUT2D eigenvalue weighted by molar-refractivity contribution is -0.141. The van der Waals surface area contributed by atoms with Gasteiger partial charge in [0, 0.05) is 23.3 Å². The van der Waals surface area contributed by atoms with E-state index in [1.807, 2.05) is 31.2 Å². The second kappa shape index (κ2) is 7.40. The Kier molecular flexibility index (Phi) is 5.23. The lowest BCUT2D eigenvalue weighted by atomic mass is 9.98. The van der Waals surface area contributed by atoms with E-state index in [0.29, 0.717) is 12.3 Å². The first-order valence-electron chi connectivity index (χ1n) is 8.55. The zero-order valence-electron chi connectivity index (χ0n) is 14.5. The molecule has 0 bridgehead atoms. The van der Waals surface area contributed by atoms with Gasteiger partial charge in [0.25, 0.3) is 0 Å². The minimum atomic E-state index is -0.872. The molecule has 5 heteroatoms. The molecule has 1 aliphatic carbocycles. The van der Waals surface area contributed by atoms with Gasteiger partial charge in [0.05, 0.1) is 5.92 Å². The number of hydrogen-bond donors (Lipinski definition) is 2. The summed E-state index contributed by atoms with van der Waals surface area (Å²) in [4.78, 5) is 25.2. The van der Waals surface area contributed by atoms with E-state index in [1.165, 1.54) is 10.4 Å². The average molecular weight is 357 g/mol. The monoisotopic (exact) mass is 357 g/mol. The van der Waals surface area contributed by atoms with Gasteiger partial charge in [-0.2, -0.15) is 0 Å². The Labute approximate surface area is 151 Å². The van der Waals surface area contributed by atoms with Gasteiger partial charge < -0.3 is 10.4 Å². The Bertz CT molecular complexity index is 783. The third-order valence-electron chi connectivity index (χ3n) is 4.80. The fraction of sp³-hybridized carbons (Fsp3) is 0.400. The van der Waals surface area contributed by atoms with E-state index in [2.05, 4.69) is 23.7 Å². The molecule has 1 aliphatic rings. The van der Waals surface area contributed by atoms with Gasteiger partial charge >= 0.3 is 5.97 Å². The lowest BCUT2D eigenvalue weighted by Gasteiger charge is -2.14. The first-order valence-corrected chi connectivity index (χ1v) is 9.43. The van der Waals surface area contributed by atoms with Crippen molar-refractivity contribution in [2.45, 2.75) is 32.6 Å². The van der Waals surface area contributed by atoms with Crippen LogP contribution in [0.5, 0.6) is 0 Å². The molecule has 0 saturated heterocycles. The van der Waals surface area contributed by atoms with Gasteiger partial charge in [-0.1, -0.05) is 29.8 Å². The molecular weight excluding hydrogens is 334 g/mol. The molecule has 1 amide bonds. The van der Waals surface area contributed by atoms with Gasteiger partial charge in [-0.15, -0.1) is 11.3 Å². The molecule has 3 rings (SSSR count). The summed E-state index contributed by atoms with van der Waals surface area (Å²) in [6.45, 7) is 4.23. The molecule has 0 spiro atoms. The van der Waals surface area contributed by atoms with Crippen molar-refractivity contribution in [3.63, 3.8) is 0 Å². The van der Waals surface area contributed by atoms with Crippen molar-refractivity contribution in [2.24, 2.45) is 11.8 Å². The summed E-state index contributed by atoms with van der Waals surface area (Å²) < 4.78 is 0. The van der Waals surface area contributed by atoms with Crippen LogP contribution in [0.3, 0.4) is 0 Å². The highest BCUT2D eigenvalue weighted by Gasteiger charge is 2.45. The number of carbonyl (C=O) groups excluding carboxylic acids is 1. The quantitative estimate of drug-likeness (QED) is 0.797. The standard InChI is InChI=1S/C20H23NO3S/c1-12-4-3-5-14(8-12)9-15(20(23)24)11-21-19(22)17-10-16(17)18-13(2)6-7-25-18/h3-8,15-17H,9-11H2,1-2H3,(H,21,22)(H,23,24). The predicted molar refractivity (Wildman–Crippen MR) is 98.9 cm³/mol. The summed E-state index contributed by atoms with van der Waals surface area (Å²) in [7, 11) is 0. The lowest BCUT2D eigenvalue weighted by Crippen LogP contribution is -2.35. The SMILES string of the molecule is Cc1cccc(CC(CNC(=O)C2CC2c2sccc2C)C(=O)O)c1. The normalized spacial score (nSPS) is 20.1. The molecule has 0 aliphatic heterocycles. The van der Waals surface area contributed by atoms with Crippen LogP contribution in [0.2, 0.25) is 0 Å². The Balaban J connectivity index is 1.54. The van der Waals surface area contributed by atoms with Crippen LogP contribution in [0.1, 0.15) is 33.9 Å². The molecule has 1 fully saturated rings.